The molecule has 1 aromatic rings. The second-order valence-electron chi connectivity index (χ2n) is 8.60. The largest absolute Gasteiger partial charge is 0.396 e. The number of aryl methyl sites for hydroxylation is 1. The zero-order chi connectivity index (χ0) is 17.8. The standard InChI is InChI=1S/C22H35NOS/c1-15(2)14-25-10-9-16-3-4-18-12-19(6-5-17(18)11-16)21-8-7-20(13-24)22(21)23/h5-6,12,15-16,20-22,24H,3-4,7-11,13-14,23H2,1-2H3/t16-,20-,21-,22?/m1/s1. The van der Waals surface area contributed by atoms with Crippen molar-refractivity contribution in [3.05, 3.63) is 34.9 Å². The minimum absolute atomic E-state index is 0.123. The minimum atomic E-state index is 0.123. The molecule has 1 unspecified atom stereocenters. The minimum Gasteiger partial charge on any atom is -0.396 e. The number of hydrogen-bond donors (Lipinski definition) is 2. The van der Waals surface area contributed by atoms with E-state index in [1.54, 1.807) is 11.1 Å². The maximum Gasteiger partial charge on any atom is 0.0474 e. The third-order valence-electron chi connectivity index (χ3n) is 6.20. The van der Waals surface area contributed by atoms with Crippen LogP contribution in [-0.2, 0) is 12.8 Å². The van der Waals surface area contributed by atoms with E-state index in [0.29, 0.717) is 5.92 Å². The van der Waals surface area contributed by atoms with Crippen LogP contribution in [0.25, 0.3) is 0 Å². The molecule has 0 aromatic heterocycles. The zero-order valence-electron chi connectivity index (χ0n) is 15.9. The Morgan fingerprint density at radius 1 is 1.20 bits per heavy atom. The highest BCUT2D eigenvalue weighted by Gasteiger charge is 2.34. The lowest BCUT2D eigenvalue weighted by Crippen LogP contribution is -2.32. The predicted molar refractivity (Wildman–Crippen MR) is 109 cm³/mol. The number of fused-ring (bicyclic) bond motifs is 1. The highest BCUT2D eigenvalue weighted by atomic mass is 32.2. The van der Waals surface area contributed by atoms with Crippen LogP contribution in [-0.4, -0.2) is 29.3 Å². The molecule has 3 heteroatoms. The first kappa shape index (κ1) is 19.3. The molecule has 2 aliphatic carbocycles. The van der Waals surface area contributed by atoms with Gasteiger partial charge in [0.2, 0.25) is 0 Å². The molecule has 1 saturated carbocycles. The van der Waals surface area contributed by atoms with Crippen LogP contribution in [0.15, 0.2) is 18.2 Å². The molecule has 3 N–H and O–H groups in total. The van der Waals surface area contributed by atoms with Crippen LogP contribution in [0.2, 0.25) is 0 Å². The second-order valence-corrected chi connectivity index (χ2v) is 9.75. The summed E-state index contributed by atoms with van der Waals surface area (Å²) in [6.45, 7) is 4.85. The first-order valence-electron chi connectivity index (χ1n) is 10.1. The fourth-order valence-corrected chi connectivity index (χ4v) is 5.74. The molecule has 0 saturated heterocycles. The van der Waals surface area contributed by atoms with Crippen molar-refractivity contribution >= 4 is 11.8 Å². The summed E-state index contributed by atoms with van der Waals surface area (Å²) in [4.78, 5) is 0. The summed E-state index contributed by atoms with van der Waals surface area (Å²) in [6, 6.07) is 7.25. The second kappa shape index (κ2) is 8.92. The van der Waals surface area contributed by atoms with Crippen LogP contribution in [0.4, 0.5) is 0 Å². The molecule has 25 heavy (non-hydrogen) atoms. The normalized spacial score (nSPS) is 29.2. The van der Waals surface area contributed by atoms with Gasteiger partial charge in [-0.15, -0.1) is 0 Å². The van der Waals surface area contributed by atoms with E-state index in [4.69, 9.17) is 5.73 Å². The number of thioether (sulfide) groups is 1. The van der Waals surface area contributed by atoms with E-state index >= 15 is 0 Å². The average molecular weight is 362 g/mol. The van der Waals surface area contributed by atoms with Crippen LogP contribution in [0.5, 0.6) is 0 Å². The van der Waals surface area contributed by atoms with E-state index in [2.05, 4.69) is 43.8 Å². The van der Waals surface area contributed by atoms with Gasteiger partial charge < -0.3 is 10.8 Å². The maximum absolute atomic E-state index is 9.46. The lowest BCUT2D eigenvalue weighted by atomic mass is 9.80. The van der Waals surface area contributed by atoms with Crippen molar-refractivity contribution in [1.82, 2.24) is 0 Å². The van der Waals surface area contributed by atoms with Gasteiger partial charge in [0.15, 0.2) is 0 Å². The molecule has 1 aromatic carbocycles. The summed E-state index contributed by atoms with van der Waals surface area (Å²) in [6.07, 6.45) is 7.39. The van der Waals surface area contributed by atoms with Gasteiger partial charge in [0.25, 0.3) is 0 Å². The van der Waals surface area contributed by atoms with Gasteiger partial charge in [-0.1, -0.05) is 32.0 Å². The Morgan fingerprint density at radius 3 is 2.76 bits per heavy atom. The lowest BCUT2D eigenvalue weighted by molar-refractivity contribution is 0.216. The topological polar surface area (TPSA) is 46.2 Å². The van der Waals surface area contributed by atoms with Crippen molar-refractivity contribution in [3.63, 3.8) is 0 Å². The first-order valence-corrected chi connectivity index (χ1v) is 11.3. The molecular formula is C22H35NOS. The number of hydrogen-bond acceptors (Lipinski definition) is 3. The monoisotopic (exact) mass is 361 g/mol. The molecule has 3 rings (SSSR count). The summed E-state index contributed by atoms with van der Waals surface area (Å²) in [5.41, 5.74) is 10.9. The molecule has 0 spiro atoms. The summed E-state index contributed by atoms with van der Waals surface area (Å²) in [5, 5.41) is 9.46. The maximum atomic E-state index is 9.46. The quantitative estimate of drug-likeness (QED) is 0.708. The third kappa shape index (κ3) is 4.81. The molecule has 0 amide bonds. The summed E-state index contributed by atoms with van der Waals surface area (Å²) in [7, 11) is 0. The number of aliphatic hydroxyl groups is 1. The van der Waals surface area contributed by atoms with Crippen LogP contribution in [0.3, 0.4) is 0 Å². The van der Waals surface area contributed by atoms with Crippen molar-refractivity contribution in [2.75, 3.05) is 18.1 Å². The van der Waals surface area contributed by atoms with E-state index in [1.807, 2.05) is 0 Å². The van der Waals surface area contributed by atoms with Gasteiger partial charge >= 0.3 is 0 Å². The Balaban J connectivity index is 1.56. The van der Waals surface area contributed by atoms with Gasteiger partial charge in [-0.25, -0.2) is 0 Å². The molecule has 0 heterocycles. The Morgan fingerprint density at radius 2 is 2.04 bits per heavy atom. The molecule has 2 aliphatic rings. The average Bonchev–Trinajstić information content (AvgIpc) is 2.98. The van der Waals surface area contributed by atoms with E-state index in [1.165, 1.54) is 42.8 Å². The number of aliphatic hydroxyl groups excluding tert-OH is 1. The Kier molecular flexibility index (Phi) is 6.87. The highest BCUT2D eigenvalue weighted by molar-refractivity contribution is 7.99. The van der Waals surface area contributed by atoms with Crippen LogP contribution >= 0.6 is 11.8 Å². The molecular weight excluding hydrogens is 326 g/mol. The Hall–Kier alpha value is -0.510. The first-order chi connectivity index (χ1) is 12.1. The zero-order valence-corrected chi connectivity index (χ0v) is 16.7. The summed E-state index contributed by atoms with van der Waals surface area (Å²) < 4.78 is 0. The number of nitrogens with two attached hydrogens (primary N) is 1. The summed E-state index contributed by atoms with van der Waals surface area (Å²) >= 11 is 2.12. The molecule has 4 atom stereocenters. The van der Waals surface area contributed by atoms with Crippen molar-refractivity contribution in [1.29, 1.82) is 0 Å². The molecule has 0 radical (unpaired) electrons. The van der Waals surface area contributed by atoms with Gasteiger partial charge in [-0.3, -0.25) is 0 Å². The van der Waals surface area contributed by atoms with Crippen molar-refractivity contribution in [3.8, 4) is 0 Å². The Bertz CT molecular complexity index is 559. The molecule has 0 aliphatic heterocycles. The number of benzene rings is 1. The SMILES string of the molecule is CC(C)CSCC[C@H]1CCc2cc([C@H]3CC[C@H](CO)C3N)ccc2C1. The van der Waals surface area contributed by atoms with Gasteiger partial charge in [0.05, 0.1) is 0 Å². The molecule has 140 valence electrons. The van der Waals surface area contributed by atoms with E-state index in [9.17, 15) is 5.11 Å². The smallest absolute Gasteiger partial charge is 0.0474 e. The Labute approximate surface area is 158 Å². The fourth-order valence-electron chi connectivity index (χ4n) is 4.61. The fraction of sp³-hybridized carbons (Fsp3) is 0.727. The van der Waals surface area contributed by atoms with Gasteiger partial charge in [0, 0.05) is 12.6 Å². The van der Waals surface area contributed by atoms with Crippen molar-refractivity contribution in [2.24, 2.45) is 23.5 Å². The molecule has 1 fully saturated rings. The third-order valence-corrected chi connectivity index (χ3v) is 7.63. The lowest BCUT2D eigenvalue weighted by Gasteiger charge is -2.27. The van der Waals surface area contributed by atoms with Crippen LogP contribution in [0.1, 0.15) is 62.1 Å². The van der Waals surface area contributed by atoms with E-state index in [0.717, 1.165) is 24.7 Å². The van der Waals surface area contributed by atoms with Crippen LogP contribution in [0, 0.1) is 17.8 Å². The summed E-state index contributed by atoms with van der Waals surface area (Å²) in [5.74, 6) is 5.01. The van der Waals surface area contributed by atoms with E-state index in [-0.39, 0.29) is 18.6 Å². The van der Waals surface area contributed by atoms with Crippen molar-refractivity contribution in [2.45, 2.75) is 64.3 Å². The van der Waals surface area contributed by atoms with Gasteiger partial charge in [-0.2, -0.15) is 11.8 Å². The van der Waals surface area contributed by atoms with Gasteiger partial charge in [0.1, 0.15) is 0 Å². The predicted octanol–water partition coefficient (Wildman–Crippen LogP) is 4.38. The number of rotatable bonds is 7. The molecule has 0 bridgehead atoms. The van der Waals surface area contributed by atoms with E-state index < -0.39 is 0 Å². The van der Waals surface area contributed by atoms with Crippen LogP contribution < -0.4 is 5.73 Å². The van der Waals surface area contributed by atoms with Crippen molar-refractivity contribution < 1.29 is 5.11 Å². The van der Waals surface area contributed by atoms with Gasteiger partial charge in [-0.05, 0) is 90.4 Å². The highest BCUT2D eigenvalue weighted by Crippen LogP contribution is 2.39. The molecule has 2 nitrogen and oxygen atoms in total.